The zero-order valence-corrected chi connectivity index (χ0v) is 28.1. The molecule has 48 heavy (non-hydrogen) atoms. The molecule has 1 aliphatic heterocycles. The van der Waals surface area contributed by atoms with Gasteiger partial charge in [0.25, 0.3) is 5.91 Å². The third kappa shape index (κ3) is 7.60. The molecule has 0 unspecified atom stereocenters. The van der Waals surface area contributed by atoms with Gasteiger partial charge in [-0.05, 0) is 60.9 Å². The van der Waals surface area contributed by atoms with Crippen LogP contribution in [0.4, 0.5) is 23.0 Å². The Balaban J connectivity index is 1.03. The van der Waals surface area contributed by atoms with Crippen molar-refractivity contribution in [1.82, 2.24) is 29.7 Å². The summed E-state index contributed by atoms with van der Waals surface area (Å²) >= 11 is 0. The van der Waals surface area contributed by atoms with Crippen molar-refractivity contribution in [3.05, 3.63) is 72.1 Å². The lowest BCUT2D eigenvalue weighted by Gasteiger charge is -2.36. The fourth-order valence-corrected chi connectivity index (χ4v) is 6.69. The molecule has 0 radical (unpaired) electrons. The van der Waals surface area contributed by atoms with Crippen LogP contribution in [0.3, 0.4) is 0 Å². The summed E-state index contributed by atoms with van der Waals surface area (Å²) in [5.41, 5.74) is 5.88. The van der Waals surface area contributed by atoms with Gasteiger partial charge in [0.05, 0.1) is 0 Å². The van der Waals surface area contributed by atoms with Crippen molar-refractivity contribution >= 4 is 52.3 Å². The van der Waals surface area contributed by atoms with Gasteiger partial charge in [-0.1, -0.05) is 25.0 Å². The molecular weight excluding hydrogens is 606 g/mol. The average Bonchev–Trinajstić information content (AvgIpc) is 3.76. The minimum atomic E-state index is -0.275. The van der Waals surface area contributed by atoms with Gasteiger partial charge in [-0.2, -0.15) is 4.98 Å². The average molecular weight is 652 g/mol. The zero-order valence-electron chi connectivity index (χ0n) is 28.1. The van der Waals surface area contributed by atoms with Crippen molar-refractivity contribution in [1.29, 1.82) is 0 Å². The molecule has 12 heteroatoms. The summed E-state index contributed by atoms with van der Waals surface area (Å²) < 4.78 is 2.14. The van der Waals surface area contributed by atoms with Gasteiger partial charge in [-0.25, -0.2) is 4.98 Å². The van der Waals surface area contributed by atoms with Gasteiger partial charge in [0, 0.05) is 102 Å². The van der Waals surface area contributed by atoms with E-state index < -0.39 is 0 Å². The lowest BCUT2D eigenvalue weighted by Crippen LogP contribution is -2.45. The highest BCUT2D eigenvalue weighted by Crippen LogP contribution is 2.35. The smallest absolute Gasteiger partial charge is 0.270 e. The summed E-state index contributed by atoms with van der Waals surface area (Å²) in [5, 5.41) is 6.44. The van der Waals surface area contributed by atoms with E-state index in [-0.39, 0.29) is 24.3 Å². The second-order valence-corrected chi connectivity index (χ2v) is 13.0. The highest BCUT2D eigenvalue weighted by molar-refractivity contribution is 5.98. The predicted octanol–water partition coefficient (Wildman–Crippen LogP) is 4.41. The molecule has 0 bridgehead atoms. The molecule has 0 atom stereocenters. The molecule has 1 saturated carbocycles. The Labute approximate surface area is 281 Å². The first-order chi connectivity index (χ1) is 23.3. The van der Waals surface area contributed by atoms with Crippen molar-refractivity contribution in [3.8, 4) is 0 Å². The maximum Gasteiger partial charge on any atom is 0.270 e. The zero-order chi connectivity index (χ0) is 33.6. The molecule has 2 fully saturated rings. The van der Waals surface area contributed by atoms with Crippen LogP contribution in [0.2, 0.25) is 0 Å². The molecule has 6 rings (SSSR count). The number of hydrogen-bond donors (Lipinski definition) is 2. The Morgan fingerprint density at radius 1 is 0.958 bits per heavy atom. The number of nitrogens with zero attached hydrogens (tertiary/aromatic N) is 7. The molecule has 2 aromatic heterocycles. The number of fused-ring (bicyclic) bond motifs is 1. The number of carbonyl (C=O) groups excluding carboxylic acids is 3. The number of imide groups is 1. The van der Waals surface area contributed by atoms with Crippen LogP contribution in [0.15, 0.2) is 60.8 Å². The number of amides is 3. The first-order valence-electron chi connectivity index (χ1n) is 16.8. The lowest BCUT2D eigenvalue weighted by molar-refractivity contribution is -0.125. The summed E-state index contributed by atoms with van der Waals surface area (Å²) in [4.78, 5) is 53.0. The van der Waals surface area contributed by atoms with E-state index >= 15 is 0 Å². The largest absolute Gasteiger partial charge is 0.374 e. The molecule has 3 amide bonds. The first kappa shape index (κ1) is 33.0. The third-order valence-corrected chi connectivity index (χ3v) is 9.43. The monoisotopic (exact) mass is 651 g/mol. The van der Waals surface area contributed by atoms with Gasteiger partial charge >= 0.3 is 0 Å². The fraction of sp³-hybridized carbons (Fsp3) is 0.417. The summed E-state index contributed by atoms with van der Waals surface area (Å²) in [6.45, 7) is 5.27. The number of nitrogens with one attached hydrogen (secondary N) is 2. The molecular formula is C36H45N9O3. The van der Waals surface area contributed by atoms with Crippen LogP contribution in [0.1, 0.15) is 54.2 Å². The molecule has 12 nitrogen and oxygen atoms in total. The summed E-state index contributed by atoms with van der Waals surface area (Å²) in [6.07, 6.45) is 6.94. The standard InChI is InChI=1S/C36H45N9O3/c1-41(2)35(48)32-22-27-23-37-36(40-34(27)45(32)31-6-4-5-7-31)39-28-10-14-30(15-11-28)44-20-18-43(19-21-44)24-26-8-12-29(13-9-26)42(3)17-16-33(47)38-25-46/h8-15,22-23,25,31H,4-7,16-21,24H2,1-3H3,(H,37,39,40)(H,38,46,47). The van der Waals surface area contributed by atoms with E-state index in [1.54, 1.807) is 19.0 Å². The molecule has 0 spiro atoms. The van der Waals surface area contributed by atoms with Crippen LogP contribution in [-0.2, 0) is 16.1 Å². The number of hydrogen-bond acceptors (Lipinski definition) is 9. The van der Waals surface area contributed by atoms with Gasteiger partial charge in [-0.15, -0.1) is 0 Å². The third-order valence-electron chi connectivity index (χ3n) is 9.43. The quantitative estimate of drug-likeness (QED) is 0.215. The van der Waals surface area contributed by atoms with Crippen LogP contribution >= 0.6 is 0 Å². The number of carbonyl (C=O) groups is 3. The lowest BCUT2D eigenvalue weighted by atomic mass is 10.1. The molecule has 2 N–H and O–H groups in total. The van der Waals surface area contributed by atoms with Crippen LogP contribution < -0.4 is 20.4 Å². The number of rotatable bonds is 12. The highest BCUT2D eigenvalue weighted by Gasteiger charge is 2.26. The van der Waals surface area contributed by atoms with Gasteiger partial charge in [0.1, 0.15) is 11.3 Å². The van der Waals surface area contributed by atoms with E-state index in [0.29, 0.717) is 24.6 Å². The first-order valence-corrected chi connectivity index (χ1v) is 16.8. The highest BCUT2D eigenvalue weighted by atomic mass is 16.2. The normalized spacial score (nSPS) is 15.4. The molecule has 2 aromatic carbocycles. The Morgan fingerprint density at radius 3 is 2.33 bits per heavy atom. The number of anilines is 4. The SMILES string of the molecule is CN(C)C(=O)c1cc2cnc(Nc3ccc(N4CCN(Cc5ccc(N(C)CCC(=O)NC=O)cc5)CC4)cc3)nc2n1C1CCCC1. The van der Waals surface area contributed by atoms with Crippen molar-refractivity contribution in [2.45, 2.75) is 44.7 Å². The Kier molecular flexibility index (Phi) is 10.2. The van der Waals surface area contributed by atoms with E-state index in [4.69, 9.17) is 4.98 Å². The number of aromatic nitrogens is 3. The Hall–Kier alpha value is -4.97. The maximum atomic E-state index is 13.0. The second kappa shape index (κ2) is 14.8. The molecule has 4 aromatic rings. The Morgan fingerprint density at radius 2 is 1.67 bits per heavy atom. The summed E-state index contributed by atoms with van der Waals surface area (Å²) in [6, 6.07) is 19.1. The van der Waals surface area contributed by atoms with Crippen LogP contribution in [0.5, 0.6) is 0 Å². The van der Waals surface area contributed by atoms with Gasteiger partial charge in [0.15, 0.2) is 0 Å². The van der Waals surface area contributed by atoms with E-state index in [1.165, 1.54) is 24.1 Å². The Bertz CT molecular complexity index is 1720. The molecule has 3 heterocycles. The number of benzene rings is 2. The van der Waals surface area contributed by atoms with Crippen molar-refractivity contribution in [2.75, 3.05) is 69.0 Å². The van der Waals surface area contributed by atoms with Gasteiger partial charge in [-0.3, -0.25) is 24.6 Å². The minimum absolute atomic E-state index is 0.0122. The molecule has 1 aliphatic carbocycles. The van der Waals surface area contributed by atoms with Crippen LogP contribution in [0, 0.1) is 0 Å². The van der Waals surface area contributed by atoms with E-state index in [2.05, 4.69) is 78.5 Å². The van der Waals surface area contributed by atoms with Gasteiger partial charge in [0.2, 0.25) is 18.3 Å². The van der Waals surface area contributed by atoms with Crippen molar-refractivity contribution in [2.24, 2.45) is 0 Å². The van der Waals surface area contributed by atoms with Gasteiger partial charge < -0.3 is 24.6 Å². The summed E-state index contributed by atoms with van der Waals surface area (Å²) in [5.74, 6) is 0.233. The second-order valence-electron chi connectivity index (χ2n) is 13.0. The van der Waals surface area contributed by atoms with Crippen LogP contribution in [0.25, 0.3) is 11.0 Å². The topological polar surface area (TPSA) is 119 Å². The molecule has 2 aliphatic rings. The van der Waals surface area contributed by atoms with E-state index in [9.17, 15) is 14.4 Å². The molecule has 1 saturated heterocycles. The van der Waals surface area contributed by atoms with E-state index in [0.717, 1.165) is 68.0 Å². The summed E-state index contributed by atoms with van der Waals surface area (Å²) in [7, 11) is 5.52. The minimum Gasteiger partial charge on any atom is -0.374 e. The predicted molar refractivity (Wildman–Crippen MR) is 189 cm³/mol. The fourth-order valence-electron chi connectivity index (χ4n) is 6.69. The van der Waals surface area contributed by atoms with Crippen molar-refractivity contribution in [3.63, 3.8) is 0 Å². The molecule has 252 valence electrons. The van der Waals surface area contributed by atoms with Crippen LogP contribution in [-0.4, -0.2) is 96.4 Å². The maximum absolute atomic E-state index is 13.0. The van der Waals surface area contributed by atoms with E-state index in [1.807, 2.05) is 24.2 Å². The van der Waals surface area contributed by atoms with Crippen molar-refractivity contribution < 1.29 is 14.4 Å². The number of piperazine rings is 1.